The number of nitrogens with zero attached hydrogens (tertiary/aromatic N) is 1. The molecule has 1 unspecified atom stereocenters. The summed E-state index contributed by atoms with van der Waals surface area (Å²) in [6.45, 7) is 0.291. The van der Waals surface area contributed by atoms with Crippen LogP contribution in [0.15, 0.2) is 0 Å². The first-order chi connectivity index (χ1) is 7.94. The molecule has 0 aliphatic carbocycles. The predicted octanol–water partition coefficient (Wildman–Crippen LogP) is 2.09. The highest BCUT2D eigenvalue weighted by atomic mass is 19.4. The second-order valence-corrected chi connectivity index (χ2v) is 4.39. The molecular weight excluding hydrogens is 235 g/mol. The molecule has 0 aromatic carbocycles. The number of carbonyl (C=O) groups excluding carboxylic acids is 1. The van der Waals surface area contributed by atoms with Gasteiger partial charge in [-0.3, -0.25) is 4.79 Å². The third-order valence-corrected chi connectivity index (χ3v) is 3.03. The summed E-state index contributed by atoms with van der Waals surface area (Å²) < 4.78 is 36.1. The number of halogens is 3. The van der Waals surface area contributed by atoms with Crippen LogP contribution in [0, 0.1) is 0 Å². The number of amides is 1. The van der Waals surface area contributed by atoms with E-state index in [1.807, 2.05) is 0 Å². The van der Waals surface area contributed by atoms with Gasteiger partial charge in [-0.05, 0) is 12.8 Å². The first-order valence-corrected chi connectivity index (χ1v) is 5.91. The molecule has 1 aliphatic rings. The lowest BCUT2D eigenvalue weighted by Gasteiger charge is -2.28. The maximum Gasteiger partial charge on any atom is 0.389 e. The van der Waals surface area contributed by atoms with E-state index in [1.165, 1.54) is 4.90 Å². The molecule has 3 nitrogen and oxygen atoms in total. The number of rotatable bonds is 3. The van der Waals surface area contributed by atoms with Gasteiger partial charge >= 0.3 is 6.18 Å². The molecule has 1 heterocycles. The summed E-state index contributed by atoms with van der Waals surface area (Å²) in [6.07, 6.45) is -2.55. The topological polar surface area (TPSA) is 40.5 Å². The molecule has 0 spiro atoms. The van der Waals surface area contributed by atoms with Crippen LogP contribution in [-0.4, -0.2) is 41.3 Å². The maximum atomic E-state index is 12.0. The summed E-state index contributed by atoms with van der Waals surface area (Å²) in [5.74, 6) is -0.497. The average molecular weight is 253 g/mol. The van der Waals surface area contributed by atoms with Gasteiger partial charge in [0.2, 0.25) is 5.91 Å². The van der Waals surface area contributed by atoms with E-state index in [1.54, 1.807) is 0 Å². The van der Waals surface area contributed by atoms with Crippen LogP contribution in [0.3, 0.4) is 0 Å². The van der Waals surface area contributed by atoms with E-state index in [0.29, 0.717) is 13.0 Å². The molecule has 0 aromatic rings. The highest BCUT2D eigenvalue weighted by Crippen LogP contribution is 2.23. The Labute approximate surface area is 98.6 Å². The van der Waals surface area contributed by atoms with Crippen molar-refractivity contribution in [1.29, 1.82) is 0 Å². The molecular formula is C11H18F3NO2. The zero-order valence-electron chi connectivity index (χ0n) is 9.67. The Balaban J connectivity index is 2.52. The van der Waals surface area contributed by atoms with Crippen molar-refractivity contribution in [2.24, 2.45) is 0 Å². The van der Waals surface area contributed by atoms with Crippen LogP contribution < -0.4 is 0 Å². The van der Waals surface area contributed by atoms with E-state index in [0.717, 1.165) is 19.3 Å². The third kappa shape index (κ3) is 4.93. The van der Waals surface area contributed by atoms with E-state index in [9.17, 15) is 18.0 Å². The minimum Gasteiger partial charge on any atom is -0.394 e. The van der Waals surface area contributed by atoms with Crippen LogP contribution in [0.1, 0.15) is 38.5 Å². The standard InChI is InChI=1S/C11H18F3NO2/c12-11(13,14)6-5-10(17)15-7-3-1-2-4-9(15)8-16/h9,16H,1-8H2. The Morgan fingerprint density at radius 1 is 1.29 bits per heavy atom. The quantitative estimate of drug-likeness (QED) is 0.836. The molecule has 1 N–H and O–H groups in total. The summed E-state index contributed by atoms with van der Waals surface area (Å²) >= 11 is 0. The molecule has 1 aliphatic heterocycles. The van der Waals surface area contributed by atoms with Crippen LogP contribution in [-0.2, 0) is 4.79 Å². The number of likely N-dealkylation sites (tertiary alicyclic amines) is 1. The summed E-state index contributed by atoms with van der Waals surface area (Å²) in [4.78, 5) is 13.1. The van der Waals surface area contributed by atoms with Crippen molar-refractivity contribution in [3.05, 3.63) is 0 Å². The number of hydrogen-bond donors (Lipinski definition) is 1. The number of carbonyl (C=O) groups is 1. The van der Waals surface area contributed by atoms with Crippen LogP contribution >= 0.6 is 0 Å². The Bertz CT molecular complexity index is 256. The van der Waals surface area contributed by atoms with Gasteiger partial charge in [0.1, 0.15) is 0 Å². The molecule has 0 aromatic heterocycles. The van der Waals surface area contributed by atoms with E-state index < -0.39 is 24.9 Å². The van der Waals surface area contributed by atoms with Gasteiger partial charge in [-0.25, -0.2) is 0 Å². The van der Waals surface area contributed by atoms with Gasteiger partial charge in [0.15, 0.2) is 0 Å². The van der Waals surface area contributed by atoms with Gasteiger partial charge in [-0.15, -0.1) is 0 Å². The van der Waals surface area contributed by atoms with Gasteiger partial charge in [-0.2, -0.15) is 13.2 Å². The molecule has 0 bridgehead atoms. The van der Waals surface area contributed by atoms with Crippen LogP contribution in [0.5, 0.6) is 0 Å². The molecule has 0 radical (unpaired) electrons. The molecule has 6 heteroatoms. The number of aliphatic hydroxyl groups is 1. The fraction of sp³-hybridized carbons (Fsp3) is 0.909. The average Bonchev–Trinajstić information content (AvgIpc) is 2.49. The molecule has 1 atom stereocenters. The second-order valence-electron chi connectivity index (χ2n) is 4.39. The minimum absolute atomic E-state index is 0.169. The molecule has 1 saturated heterocycles. The third-order valence-electron chi connectivity index (χ3n) is 3.03. The summed E-state index contributed by atoms with van der Waals surface area (Å²) in [5.41, 5.74) is 0. The number of alkyl halides is 3. The fourth-order valence-electron chi connectivity index (χ4n) is 2.09. The Hall–Kier alpha value is -0.780. The lowest BCUT2D eigenvalue weighted by molar-refractivity contribution is -0.150. The molecule has 100 valence electrons. The zero-order chi connectivity index (χ0) is 12.9. The maximum absolute atomic E-state index is 12.0. The monoisotopic (exact) mass is 253 g/mol. The molecule has 17 heavy (non-hydrogen) atoms. The minimum atomic E-state index is -4.30. The SMILES string of the molecule is O=C(CCC(F)(F)F)N1CCCCCC1CO. The van der Waals surface area contributed by atoms with Crippen molar-refractivity contribution in [3.63, 3.8) is 0 Å². The van der Waals surface area contributed by atoms with Crippen molar-refractivity contribution >= 4 is 5.91 Å². The van der Waals surface area contributed by atoms with Crippen molar-refractivity contribution in [1.82, 2.24) is 4.90 Å². The number of hydrogen-bond acceptors (Lipinski definition) is 2. The first kappa shape index (κ1) is 14.3. The summed E-state index contributed by atoms with van der Waals surface area (Å²) in [5, 5.41) is 9.15. The lowest BCUT2D eigenvalue weighted by Crippen LogP contribution is -2.42. The predicted molar refractivity (Wildman–Crippen MR) is 56.3 cm³/mol. The van der Waals surface area contributed by atoms with E-state index in [4.69, 9.17) is 5.11 Å². The molecule has 1 fully saturated rings. The highest BCUT2D eigenvalue weighted by molar-refractivity contribution is 5.76. The first-order valence-electron chi connectivity index (χ1n) is 5.91. The van der Waals surface area contributed by atoms with Crippen molar-refractivity contribution in [2.75, 3.05) is 13.2 Å². The smallest absolute Gasteiger partial charge is 0.389 e. The zero-order valence-corrected chi connectivity index (χ0v) is 9.67. The normalized spacial score (nSPS) is 22.4. The second kappa shape index (κ2) is 6.23. The summed E-state index contributed by atoms with van der Waals surface area (Å²) in [7, 11) is 0. The van der Waals surface area contributed by atoms with Crippen LogP contribution in [0.2, 0.25) is 0 Å². The van der Waals surface area contributed by atoms with E-state index in [2.05, 4.69) is 0 Å². The van der Waals surface area contributed by atoms with Crippen LogP contribution in [0.4, 0.5) is 13.2 Å². The van der Waals surface area contributed by atoms with Crippen molar-refractivity contribution < 1.29 is 23.1 Å². The van der Waals surface area contributed by atoms with Crippen LogP contribution in [0.25, 0.3) is 0 Å². The van der Waals surface area contributed by atoms with E-state index in [-0.39, 0.29) is 12.6 Å². The lowest BCUT2D eigenvalue weighted by atomic mass is 10.1. The fourth-order valence-corrected chi connectivity index (χ4v) is 2.09. The van der Waals surface area contributed by atoms with E-state index >= 15 is 0 Å². The molecule has 0 saturated carbocycles. The van der Waals surface area contributed by atoms with Crippen molar-refractivity contribution in [3.8, 4) is 0 Å². The van der Waals surface area contributed by atoms with Gasteiger partial charge in [0.25, 0.3) is 0 Å². The molecule has 1 rings (SSSR count). The van der Waals surface area contributed by atoms with Gasteiger partial charge in [-0.1, -0.05) is 12.8 Å². The largest absolute Gasteiger partial charge is 0.394 e. The number of aliphatic hydroxyl groups excluding tert-OH is 1. The Morgan fingerprint density at radius 2 is 2.00 bits per heavy atom. The summed E-state index contributed by atoms with van der Waals surface area (Å²) in [6, 6.07) is -0.307. The van der Waals surface area contributed by atoms with Gasteiger partial charge in [0, 0.05) is 13.0 Å². The van der Waals surface area contributed by atoms with Gasteiger partial charge in [0.05, 0.1) is 19.1 Å². The molecule has 1 amide bonds. The Morgan fingerprint density at radius 3 is 2.59 bits per heavy atom. The Kier molecular flexibility index (Phi) is 5.24. The highest BCUT2D eigenvalue weighted by Gasteiger charge is 2.31. The van der Waals surface area contributed by atoms with Gasteiger partial charge < -0.3 is 10.0 Å². The van der Waals surface area contributed by atoms with Crippen molar-refractivity contribution in [2.45, 2.75) is 50.7 Å².